The molecule has 0 unspecified atom stereocenters. The Morgan fingerprint density at radius 1 is 1.30 bits per heavy atom. The van der Waals surface area contributed by atoms with E-state index in [1.165, 1.54) is 6.07 Å². The molecule has 0 bridgehead atoms. The number of anilines is 1. The Labute approximate surface area is 113 Å². The molecular formula is C14H13F3N2O. The van der Waals surface area contributed by atoms with E-state index in [2.05, 4.69) is 5.16 Å². The van der Waals surface area contributed by atoms with Crippen LogP contribution in [0.15, 0.2) is 28.8 Å². The predicted octanol–water partition coefficient (Wildman–Crippen LogP) is 3.90. The molecule has 6 heteroatoms. The van der Waals surface area contributed by atoms with Gasteiger partial charge in [-0.1, -0.05) is 17.3 Å². The molecule has 1 aliphatic carbocycles. The highest BCUT2D eigenvalue weighted by molar-refractivity contribution is 5.75. The molecule has 0 spiro atoms. The Hall–Kier alpha value is -1.98. The minimum absolute atomic E-state index is 0.0694. The predicted molar refractivity (Wildman–Crippen MR) is 67.8 cm³/mol. The van der Waals surface area contributed by atoms with Gasteiger partial charge in [0.05, 0.1) is 16.8 Å². The molecule has 2 N–H and O–H groups in total. The number of nitrogens with two attached hydrogens (primary N) is 1. The molecule has 0 aliphatic heterocycles. The summed E-state index contributed by atoms with van der Waals surface area (Å²) >= 11 is 0. The average Bonchev–Trinajstić information content (AvgIpc) is 3.12. The van der Waals surface area contributed by atoms with Crippen LogP contribution < -0.4 is 5.73 Å². The van der Waals surface area contributed by atoms with Gasteiger partial charge in [0.2, 0.25) is 5.88 Å². The Bertz CT molecular complexity index is 630. The number of hydrogen-bond donors (Lipinski definition) is 1. The van der Waals surface area contributed by atoms with Crippen LogP contribution in [-0.2, 0) is 12.6 Å². The number of nitrogens with zero attached hydrogens (tertiary/aromatic N) is 1. The van der Waals surface area contributed by atoms with Crippen molar-refractivity contribution in [2.45, 2.75) is 25.4 Å². The number of nitrogen functional groups attached to an aromatic ring is 1. The van der Waals surface area contributed by atoms with E-state index in [0.717, 1.165) is 25.0 Å². The van der Waals surface area contributed by atoms with Crippen LogP contribution in [0.3, 0.4) is 0 Å². The van der Waals surface area contributed by atoms with Gasteiger partial charge in [-0.2, -0.15) is 13.2 Å². The minimum Gasteiger partial charge on any atom is -0.367 e. The van der Waals surface area contributed by atoms with Crippen molar-refractivity contribution in [1.29, 1.82) is 0 Å². The highest BCUT2D eigenvalue weighted by atomic mass is 19.4. The summed E-state index contributed by atoms with van der Waals surface area (Å²) in [6.07, 6.45) is -1.44. The summed E-state index contributed by atoms with van der Waals surface area (Å²) in [6, 6.07) is 5.08. The van der Waals surface area contributed by atoms with E-state index in [1.807, 2.05) is 0 Å². The van der Waals surface area contributed by atoms with E-state index in [9.17, 15) is 13.2 Å². The third-order valence-corrected chi connectivity index (χ3v) is 3.45. The SMILES string of the molecule is Nc1onc(CC2CC2)c1-c1cccc(C(F)(F)F)c1. The molecule has 1 saturated carbocycles. The van der Waals surface area contributed by atoms with Gasteiger partial charge in [0.15, 0.2) is 0 Å². The van der Waals surface area contributed by atoms with Crippen LogP contribution in [0.2, 0.25) is 0 Å². The fraction of sp³-hybridized carbons (Fsp3) is 0.357. The summed E-state index contributed by atoms with van der Waals surface area (Å²) in [5, 5.41) is 3.88. The number of rotatable bonds is 3. The maximum atomic E-state index is 12.8. The summed E-state index contributed by atoms with van der Waals surface area (Å²) in [4.78, 5) is 0. The lowest BCUT2D eigenvalue weighted by Gasteiger charge is -2.08. The van der Waals surface area contributed by atoms with Crippen LogP contribution in [0, 0.1) is 5.92 Å². The van der Waals surface area contributed by atoms with Gasteiger partial charge in [-0.05, 0) is 42.9 Å². The first-order valence-electron chi connectivity index (χ1n) is 6.37. The highest BCUT2D eigenvalue weighted by Gasteiger charge is 2.31. The number of halogens is 3. The standard InChI is InChI=1S/C14H13F3N2O/c15-14(16,17)10-3-1-2-9(7-10)12-11(6-8-4-5-8)19-20-13(12)18/h1-3,7-8H,4-6,18H2. The topological polar surface area (TPSA) is 52.0 Å². The van der Waals surface area contributed by atoms with Crippen LogP contribution >= 0.6 is 0 Å². The number of hydrogen-bond acceptors (Lipinski definition) is 3. The summed E-state index contributed by atoms with van der Waals surface area (Å²) < 4.78 is 43.2. The van der Waals surface area contributed by atoms with Crippen molar-refractivity contribution < 1.29 is 17.7 Å². The van der Waals surface area contributed by atoms with Gasteiger partial charge in [0.25, 0.3) is 0 Å². The molecule has 106 valence electrons. The van der Waals surface area contributed by atoms with E-state index in [4.69, 9.17) is 10.3 Å². The first-order valence-corrected chi connectivity index (χ1v) is 6.37. The van der Waals surface area contributed by atoms with Gasteiger partial charge in [-0.15, -0.1) is 0 Å². The molecule has 2 aromatic rings. The monoisotopic (exact) mass is 282 g/mol. The van der Waals surface area contributed by atoms with Crippen molar-refractivity contribution in [3.8, 4) is 11.1 Å². The molecule has 1 heterocycles. The number of aromatic nitrogens is 1. The second kappa shape index (κ2) is 4.54. The van der Waals surface area contributed by atoms with Crippen molar-refractivity contribution in [2.24, 2.45) is 5.92 Å². The van der Waals surface area contributed by atoms with Gasteiger partial charge in [-0.25, -0.2) is 0 Å². The first kappa shape index (κ1) is 13.0. The molecule has 0 amide bonds. The lowest BCUT2D eigenvalue weighted by Crippen LogP contribution is -2.04. The highest BCUT2D eigenvalue weighted by Crippen LogP contribution is 2.39. The zero-order chi connectivity index (χ0) is 14.3. The lowest BCUT2D eigenvalue weighted by atomic mass is 10.0. The van der Waals surface area contributed by atoms with Crippen molar-refractivity contribution in [3.63, 3.8) is 0 Å². The van der Waals surface area contributed by atoms with Gasteiger partial charge >= 0.3 is 6.18 Å². The normalized spacial score (nSPS) is 15.6. The third kappa shape index (κ3) is 2.50. The summed E-state index contributed by atoms with van der Waals surface area (Å²) in [5.74, 6) is 0.615. The van der Waals surface area contributed by atoms with Gasteiger partial charge in [0, 0.05) is 0 Å². The molecule has 3 nitrogen and oxygen atoms in total. The number of alkyl halides is 3. The van der Waals surface area contributed by atoms with Crippen LogP contribution in [0.5, 0.6) is 0 Å². The first-order chi connectivity index (χ1) is 9.45. The third-order valence-electron chi connectivity index (χ3n) is 3.45. The van der Waals surface area contributed by atoms with Crippen LogP contribution in [-0.4, -0.2) is 5.16 Å². The fourth-order valence-electron chi connectivity index (χ4n) is 2.23. The summed E-state index contributed by atoms with van der Waals surface area (Å²) in [7, 11) is 0. The molecule has 1 aliphatic rings. The summed E-state index contributed by atoms with van der Waals surface area (Å²) in [6.45, 7) is 0. The molecule has 20 heavy (non-hydrogen) atoms. The second-order valence-corrected chi connectivity index (χ2v) is 5.09. The van der Waals surface area contributed by atoms with Gasteiger partial charge in [0.1, 0.15) is 0 Å². The van der Waals surface area contributed by atoms with E-state index >= 15 is 0 Å². The molecule has 1 fully saturated rings. The average molecular weight is 282 g/mol. The van der Waals surface area contributed by atoms with E-state index in [1.54, 1.807) is 6.07 Å². The van der Waals surface area contributed by atoms with E-state index in [0.29, 0.717) is 29.2 Å². The van der Waals surface area contributed by atoms with Crippen LogP contribution in [0.25, 0.3) is 11.1 Å². The zero-order valence-electron chi connectivity index (χ0n) is 10.6. The van der Waals surface area contributed by atoms with Crippen molar-refractivity contribution in [3.05, 3.63) is 35.5 Å². The van der Waals surface area contributed by atoms with Gasteiger partial charge < -0.3 is 10.3 Å². The molecule has 0 radical (unpaired) electrons. The van der Waals surface area contributed by atoms with Crippen molar-refractivity contribution >= 4 is 5.88 Å². The molecule has 1 aromatic carbocycles. The van der Waals surface area contributed by atoms with Crippen molar-refractivity contribution in [2.75, 3.05) is 5.73 Å². The van der Waals surface area contributed by atoms with E-state index in [-0.39, 0.29) is 5.88 Å². The van der Waals surface area contributed by atoms with E-state index < -0.39 is 11.7 Å². The maximum Gasteiger partial charge on any atom is 0.416 e. The molecule has 3 rings (SSSR count). The largest absolute Gasteiger partial charge is 0.416 e. The second-order valence-electron chi connectivity index (χ2n) is 5.09. The Balaban J connectivity index is 2.01. The van der Waals surface area contributed by atoms with Crippen LogP contribution in [0.1, 0.15) is 24.1 Å². The van der Waals surface area contributed by atoms with Crippen molar-refractivity contribution in [1.82, 2.24) is 5.16 Å². The minimum atomic E-state index is -4.38. The Kier molecular flexibility index (Phi) is 2.96. The summed E-state index contributed by atoms with van der Waals surface area (Å²) in [5.41, 5.74) is 6.55. The Morgan fingerprint density at radius 2 is 2.05 bits per heavy atom. The fourth-order valence-corrected chi connectivity index (χ4v) is 2.23. The molecule has 0 atom stereocenters. The quantitative estimate of drug-likeness (QED) is 0.929. The molecule has 1 aromatic heterocycles. The smallest absolute Gasteiger partial charge is 0.367 e. The van der Waals surface area contributed by atoms with Gasteiger partial charge in [-0.3, -0.25) is 0 Å². The van der Waals surface area contributed by atoms with Crippen LogP contribution in [0.4, 0.5) is 19.1 Å². The lowest BCUT2D eigenvalue weighted by molar-refractivity contribution is -0.137. The maximum absolute atomic E-state index is 12.8. The Morgan fingerprint density at radius 3 is 2.70 bits per heavy atom. The molecule has 0 saturated heterocycles. The number of benzene rings is 1. The molecular weight excluding hydrogens is 269 g/mol. The zero-order valence-corrected chi connectivity index (χ0v) is 10.6.